The van der Waals surface area contributed by atoms with Crippen molar-refractivity contribution < 1.29 is 18.0 Å². The van der Waals surface area contributed by atoms with E-state index in [0.29, 0.717) is 47.4 Å². The number of benzene rings is 1. The summed E-state index contributed by atoms with van der Waals surface area (Å²) in [6.07, 6.45) is -1.68. The predicted molar refractivity (Wildman–Crippen MR) is 121 cm³/mol. The first kappa shape index (κ1) is 22.5. The molecule has 3 aromatic rings. The lowest BCUT2D eigenvalue weighted by atomic mass is 9.99. The summed E-state index contributed by atoms with van der Waals surface area (Å²) in [7, 11) is 0. The molecule has 0 saturated carbocycles. The molecule has 2 aliphatic heterocycles. The zero-order chi connectivity index (χ0) is 24.2. The minimum Gasteiger partial charge on any atom is -0.399 e. The van der Waals surface area contributed by atoms with E-state index in [-0.39, 0.29) is 11.6 Å². The van der Waals surface area contributed by atoms with E-state index in [4.69, 9.17) is 5.73 Å². The minimum absolute atomic E-state index is 0.0321. The summed E-state index contributed by atoms with van der Waals surface area (Å²) < 4.78 is 41.3. The van der Waals surface area contributed by atoms with Gasteiger partial charge in [-0.2, -0.15) is 18.3 Å². The smallest absolute Gasteiger partial charge is 0.399 e. The third kappa shape index (κ3) is 4.15. The normalized spacial score (nSPS) is 19.6. The lowest BCUT2D eigenvalue weighted by molar-refractivity contribution is -0.137. The van der Waals surface area contributed by atoms with Crippen molar-refractivity contribution in [1.82, 2.24) is 24.4 Å². The van der Waals surface area contributed by atoms with Crippen molar-refractivity contribution in [3.05, 3.63) is 53.0 Å². The number of nitrogens with zero attached hydrogens (tertiary/aromatic N) is 5. The Kier molecular flexibility index (Phi) is 5.38. The molecular formula is C23H26F3N7O. The molecule has 4 heterocycles. The Morgan fingerprint density at radius 2 is 2.00 bits per heavy atom. The molecule has 5 rings (SSSR count). The molecule has 2 fully saturated rings. The third-order valence-electron chi connectivity index (χ3n) is 6.59. The van der Waals surface area contributed by atoms with Gasteiger partial charge >= 0.3 is 6.18 Å². The largest absolute Gasteiger partial charge is 0.416 e. The third-order valence-corrected chi connectivity index (χ3v) is 6.59. The van der Waals surface area contributed by atoms with Crippen molar-refractivity contribution in [2.75, 3.05) is 37.2 Å². The summed E-state index contributed by atoms with van der Waals surface area (Å²) >= 11 is 0. The maximum absolute atomic E-state index is 13.2. The quantitative estimate of drug-likeness (QED) is 0.565. The molecule has 0 bridgehead atoms. The van der Waals surface area contributed by atoms with E-state index < -0.39 is 17.8 Å². The van der Waals surface area contributed by atoms with Crippen LogP contribution in [0.15, 0.2) is 30.5 Å². The molecule has 0 radical (unpaired) electrons. The number of hydrogen-bond donors (Lipinski definition) is 2. The lowest BCUT2D eigenvalue weighted by Crippen LogP contribution is -2.61. The van der Waals surface area contributed by atoms with Crippen molar-refractivity contribution in [2.45, 2.75) is 38.5 Å². The van der Waals surface area contributed by atoms with Crippen LogP contribution >= 0.6 is 0 Å². The molecule has 34 heavy (non-hydrogen) atoms. The number of anilines is 2. The van der Waals surface area contributed by atoms with Crippen molar-refractivity contribution in [3.8, 4) is 0 Å². The Bertz CT molecular complexity index is 1260. The number of hydrogen-bond acceptors (Lipinski definition) is 6. The number of nitrogens with two attached hydrogens (primary N) is 1. The van der Waals surface area contributed by atoms with E-state index in [1.54, 1.807) is 30.6 Å². The number of halogens is 3. The Morgan fingerprint density at radius 1 is 1.21 bits per heavy atom. The highest BCUT2D eigenvalue weighted by Crippen LogP contribution is 2.33. The SMILES string of the molecule is Cc1cn2nc(C(=O)N3CCN4CCC4C3)cc2c(N[C@H](C)c2cc(N)cc(C(F)(F)F)c2)n1. The summed E-state index contributed by atoms with van der Waals surface area (Å²) in [4.78, 5) is 21.9. The van der Waals surface area contributed by atoms with Gasteiger partial charge in [-0.1, -0.05) is 0 Å². The lowest BCUT2D eigenvalue weighted by Gasteiger charge is -2.48. The van der Waals surface area contributed by atoms with Gasteiger partial charge in [-0.15, -0.1) is 0 Å². The van der Waals surface area contributed by atoms with Gasteiger partial charge in [-0.3, -0.25) is 9.69 Å². The monoisotopic (exact) mass is 473 g/mol. The van der Waals surface area contributed by atoms with Gasteiger partial charge in [0.05, 0.1) is 23.5 Å². The number of aryl methyl sites for hydroxylation is 1. The number of piperazine rings is 1. The second kappa shape index (κ2) is 8.15. The Hall–Kier alpha value is -3.34. The Balaban J connectivity index is 1.42. The Morgan fingerprint density at radius 3 is 2.68 bits per heavy atom. The van der Waals surface area contributed by atoms with E-state index in [0.717, 1.165) is 31.6 Å². The van der Waals surface area contributed by atoms with E-state index in [2.05, 4.69) is 20.3 Å². The van der Waals surface area contributed by atoms with Gasteiger partial charge in [0.15, 0.2) is 11.5 Å². The molecule has 1 unspecified atom stereocenters. The fraction of sp³-hybridized carbons (Fsp3) is 0.435. The summed E-state index contributed by atoms with van der Waals surface area (Å²) in [6, 6.07) is 5.08. The van der Waals surface area contributed by atoms with Crippen LogP contribution in [0.2, 0.25) is 0 Å². The van der Waals surface area contributed by atoms with Crippen molar-refractivity contribution in [1.29, 1.82) is 0 Å². The molecule has 2 aromatic heterocycles. The van der Waals surface area contributed by atoms with Gasteiger partial charge in [-0.05, 0) is 44.0 Å². The van der Waals surface area contributed by atoms with E-state index in [1.807, 2.05) is 4.90 Å². The van der Waals surface area contributed by atoms with Gasteiger partial charge in [0.25, 0.3) is 5.91 Å². The number of rotatable bonds is 4. The predicted octanol–water partition coefficient (Wildman–Crippen LogP) is 3.34. The van der Waals surface area contributed by atoms with Gasteiger partial charge in [0.2, 0.25) is 0 Å². The second-order valence-electron chi connectivity index (χ2n) is 9.07. The first-order valence-electron chi connectivity index (χ1n) is 11.2. The number of carbonyl (C=O) groups is 1. The van der Waals surface area contributed by atoms with Gasteiger partial charge in [-0.25, -0.2) is 9.50 Å². The van der Waals surface area contributed by atoms with E-state index in [1.165, 1.54) is 6.07 Å². The molecule has 0 aliphatic carbocycles. The highest BCUT2D eigenvalue weighted by atomic mass is 19.4. The summed E-state index contributed by atoms with van der Waals surface area (Å²) in [5.74, 6) is 0.302. The van der Waals surface area contributed by atoms with Crippen LogP contribution < -0.4 is 11.1 Å². The maximum atomic E-state index is 13.2. The van der Waals surface area contributed by atoms with Crippen LogP contribution in [0.25, 0.3) is 5.52 Å². The molecular weight excluding hydrogens is 447 g/mol. The second-order valence-corrected chi connectivity index (χ2v) is 9.07. The molecule has 11 heteroatoms. The molecule has 2 atom stereocenters. The van der Waals surface area contributed by atoms with Crippen molar-refractivity contribution in [3.63, 3.8) is 0 Å². The molecule has 1 aromatic carbocycles. The van der Waals surface area contributed by atoms with Crippen LogP contribution in [-0.2, 0) is 6.18 Å². The first-order chi connectivity index (χ1) is 16.1. The van der Waals surface area contributed by atoms with E-state index >= 15 is 0 Å². The zero-order valence-corrected chi connectivity index (χ0v) is 18.9. The number of amides is 1. The average Bonchev–Trinajstić information content (AvgIpc) is 3.17. The summed E-state index contributed by atoms with van der Waals surface area (Å²) in [5.41, 5.74) is 6.88. The topological polar surface area (TPSA) is 91.8 Å². The van der Waals surface area contributed by atoms with Crippen molar-refractivity contribution >= 4 is 22.9 Å². The summed E-state index contributed by atoms with van der Waals surface area (Å²) in [6.45, 7) is 6.85. The van der Waals surface area contributed by atoms with Gasteiger partial charge < -0.3 is 16.0 Å². The number of alkyl halides is 3. The fourth-order valence-corrected chi connectivity index (χ4v) is 4.64. The van der Waals surface area contributed by atoms with Crippen LogP contribution in [0.5, 0.6) is 0 Å². The number of fused-ring (bicyclic) bond motifs is 2. The van der Waals surface area contributed by atoms with E-state index in [9.17, 15) is 18.0 Å². The number of aromatic nitrogens is 3. The van der Waals surface area contributed by atoms with Crippen LogP contribution in [0.1, 0.15) is 46.7 Å². The maximum Gasteiger partial charge on any atom is 0.416 e. The zero-order valence-electron chi connectivity index (χ0n) is 18.9. The van der Waals surface area contributed by atoms with Gasteiger partial charge in [0, 0.05) is 44.0 Å². The van der Waals surface area contributed by atoms with Crippen LogP contribution in [-0.4, -0.2) is 62.5 Å². The number of nitrogen functional groups attached to an aromatic ring is 1. The molecule has 180 valence electrons. The molecule has 0 spiro atoms. The highest BCUT2D eigenvalue weighted by Gasteiger charge is 2.36. The molecule has 8 nitrogen and oxygen atoms in total. The minimum atomic E-state index is -4.50. The standard InChI is InChI=1S/C23H26F3N7O/c1-13-11-33-20(10-19(30-33)22(34)32-6-5-31-4-3-18(31)12-32)21(28-13)29-14(2)15-7-16(23(24,25)26)9-17(27)8-15/h7-11,14,18H,3-6,12,27H2,1-2H3,(H,28,29)/t14-,18?/m1/s1. The summed E-state index contributed by atoms with van der Waals surface area (Å²) in [5, 5.41) is 7.65. The average molecular weight is 474 g/mol. The van der Waals surface area contributed by atoms with Gasteiger partial charge in [0.1, 0.15) is 5.52 Å². The van der Waals surface area contributed by atoms with Crippen LogP contribution in [0.4, 0.5) is 24.7 Å². The first-order valence-corrected chi connectivity index (χ1v) is 11.2. The molecule has 1 amide bonds. The molecule has 3 N–H and O–H groups in total. The number of carbonyl (C=O) groups excluding carboxylic acids is 1. The Labute approximate surface area is 194 Å². The fourth-order valence-electron chi connectivity index (χ4n) is 4.64. The molecule has 2 saturated heterocycles. The number of nitrogens with one attached hydrogen (secondary N) is 1. The van der Waals surface area contributed by atoms with Crippen LogP contribution in [0.3, 0.4) is 0 Å². The van der Waals surface area contributed by atoms with Crippen molar-refractivity contribution in [2.24, 2.45) is 0 Å². The molecule has 2 aliphatic rings. The van der Waals surface area contributed by atoms with Crippen LogP contribution in [0, 0.1) is 6.92 Å². The highest BCUT2D eigenvalue weighted by molar-refractivity contribution is 5.94.